The van der Waals surface area contributed by atoms with Gasteiger partial charge in [0.2, 0.25) is 0 Å². The summed E-state index contributed by atoms with van der Waals surface area (Å²) in [7, 11) is 0. The Labute approximate surface area is 103 Å². The molecule has 0 rings (SSSR count). The van der Waals surface area contributed by atoms with Crippen LogP contribution < -0.4 is 5.32 Å². The van der Waals surface area contributed by atoms with Gasteiger partial charge in [-0.25, -0.2) is 0 Å². The second-order valence-electron chi connectivity index (χ2n) is 6.60. The van der Waals surface area contributed by atoms with E-state index in [-0.39, 0.29) is 5.54 Å². The lowest BCUT2D eigenvalue weighted by Crippen LogP contribution is -2.41. The lowest BCUT2D eigenvalue weighted by Gasteiger charge is -2.31. The molecule has 0 aromatic carbocycles. The first kappa shape index (κ1) is 16.0. The summed E-state index contributed by atoms with van der Waals surface area (Å²) in [4.78, 5) is 0. The van der Waals surface area contributed by atoms with Crippen molar-refractivity contribution in [1.82, 2.24) is 5.32 Å². The van der Waals surface area contributed by atoms with Crippen LogP contribution in [0, 0.1) is 17.8 Å². The minimum absolute atomic E-state index is 0.251. The minimum atomic E-state index is 0.251. The van der Waals surface area contributed by atoms with Crippen LogP contribution in [0.3, 0.4) is 0 Å². The summed E-state index contributed by atoms with van der Waals surface area (Å²) in [5.41, 5.74) is 0.251. The molecule has 1 unspecified atom stereocenters. The first-order valence-electron chi connectivity index (χ1n) is 7.05. The Balaban J connectivity index is 4.30. The van der Waals surface area contributed by atoms with Crippen molar-refractivity contribution in [3.63, 3.8) is 0 Å². The highest BCUT2D eigenvalue weighted by Gasteiger charge is 2.21. The van der Waals surface area contributed by atoms with Crippen LogP contribution in [0.25, 0.3) is 0 Å². The molecule has 0 aromatic rings. The van der Waals surface area contributed by atoms with E-state index in [1.54, 1.807) is 0 Å². The maximum atomic E-state index is 3.68. The molecule has 0 aliphatic rings. The highest BCUT2D eigenvalue weighted by atomic mass is 14.9. The third-order valence-corrected chi connectivity index (χ3v) is 3.38. The van der Waals surface area contributed by atoms with Crippen LogP contribution in [0.15, 0.2) is 0 Å². The topological polar surface area (TPSA) is 12.0 Å². The van der Waals surface area contributed by atoms with Gasteiger partial charge in [-0.2, -0.15) is 0 Å². The van der Waals surface area contributed by atoms with E-state index in [0.29, 0.717) is 0 Å². The zero-order valence-corrected chi connectivity index (χ0v) is 12.6. The lowest BCUT2D eigenvalue weighted by molar-refractivity contribution is 0.237. The number of hydrogen-bond acceptors (Lipinski definition) is 1. The average Bonchev–Trinajstić information content (AvgIpc) is 2.13. The van der Waals surface area contributed by atoms with Gasteiger partial charge in [-0.3, -0.25) is 0 Å². The molecule has 1 heteroatoms. The molecular formula is C15H33N. The van der Waals surface area contributed by atoms with Crippen LogP contribution in [0.5, 0.6) is 0 Å². The van der Waals surface area contributed by atoms with E-state index < -0.39 is 0 Å². The van der Waals surface area contributed by atoms with Crippen molar-refractivity contribution < 1.29 is 0 Å². The smallest absolute Gasteiger partial charge is 0.00966 e. The van der Waals surface area contributed by atoms with Crippen molar-refractivity contribution in [3.05, 3.63) is 0 Å². The van der Waals surface area contributed by atoms with Crippen molar-refractivity contribution in [2.24, 2.45) is 17.8 Å². The summed E-state index contributed by atoms with van der Waals surface area (Å²) in [6, 6.07) is 0. The maximum absolute atomic E-state index is 3.68. The molecule has 0 aromatic heterocycles. The van der Waals surface area contributed by atoms with Gasteiger partial charge in [-0.1, -0.05) is 40.5 Å². The minimum Gasteiger partial charge on any atom is -0.312 e. The molecule has 1 N–H and O–H groups in total. The van der Waals surface area contributed by atoms with E-state index in [4.69, 9.17) is 0 Å². The Kier molecular flexibility index (Phi) is 7.30. The molecule has 0 amide bonds. The summed E-state index contributed by atoms with van der Waals surface area (Å²) >= 11 is 0. The van der Waals surface area contributed by atoms with Gasteiger partial charge in [0.15, 0.2) is 0 Å². The molecule has 0 radical (unpaired) electrons. The van der Waals surface area contributed by atoms with Crippen LogP contribution in [-0.2, 0) is 0 Å². The molecule has 16 heavy (non-hydrogen) atoms. The van der Waals surface area contributed by atoms with Gasteiger partial charge in [-0.15, -0.1) is 0 Å². The molecule has 0 saturated carbocycles. The second kappa shape index (κ2) is 7.32. The molecule has 0 heterocycles. The van der Waals surface area contributed by atoms with Crippen LogP contribution in [0.2, 0.25) is 0 Å². The van der Waals surface area contributed by atoms with Crippen molar-refractivity contribution in [3.8, 4) is 0 Å². The van der Waals surface area contributed by atoms with E-state index in [2.05, 4.69) is 53.8 Å². The number of nitrogens with one attached hydrogen (secondary N) is 1. The van der Waals surface area contributed by atoms with Crippen molar-refractivity contribution >= 4 is 0 Å². The van der Waals surface area contributed by atoms with Gasteiger partial charge < -0.3 is 5.32 Å². The van der Waals surface area contributed by atoms with Crippen LogP contribution in [0.4, 0.5) is 0 Å². The van der Waals surface area contributed by atoms with E-state index >= 15 is 0 Å². The second-order valence-corrected chi connectivity index (χ2v) is 6.60. The predicted octanol–water partition coefficient (Wildman–Crippen LogP) is 4.47. The summed E-state index contributed by atoms with van der Waals surface area (Å²) in [5, 5.41) is 3.68. The van der Waals surface area contributed by atoms with Crippen LogP contribution in [0.1, 0.15) is 67.7 Å². The molecule has 0 spiro atoms. The highest BCUT2D eigenvalue weighted by molar-refractivity contribution is 4.77. The first-order chi connectivity index (χ1) is 7.30. The fourth-order valence-corrected chi connectivity index (χ4v) is 2.44. The fraction of sp³-hybridized carbons (Fsp3) is 1.00. The molecule has 0 aliphatic carbocycles. The van der Waals surface area contributed by atoms with Gasteiger partial charge in [-0.05, 0) is 51.5 Å². The predicted molar refractivity (Wildman–Crippen MR) is 74.8 cm³/mol. The first-order valence-corrected chi connectivity index (χ1v) is 7.05. The van der Waals surface area contributed by atoms with Gasteiger partial charge in [0.25, 0.3) is 0 Å². The molecule has 1 atom stereocenters. The number of rotatable bonds is 7. The monoisotopic (exact) mass is 227 g/mol. The van der Waals surface area contributed by atoms with Crippen molar-refractivity contribution in [1.29, 1.82) is 0 Å². The van der Waals surface area contributed by atoms with Crippen molar-refractivity contribution in [2.75, 3.05) is 6.54 Å². The van der Waals surface area contributed by atoms with E-state index in [0.717, 1.165) is 17.8 Å². The SMILES string of the molecule is CCC(CC)C(CNC(C)(C)C)CC(C)C. The Morgan fingerprint density at radius 2 is 1.44 bits per heavy atom. The Morgan fingerprint density at radius 3 is 1.75 bits per heavy atom. The summed E-state index contributed by atoms with van der Waals surface area (Å²) in [6.07, 6.45) is 3.99. The lowest BCUT2D eigenvalue weighted by atomic mass is 9.82. The van der Waals surface area contributed by atoms with Crippen molar-refractivity contribution in [2.45, 2.75) is 73.3 Å². The van der Waals surface area contributed by atoms with Gasteiger partial charge in [0, 0.05) is 5.54 Å². The summed E-state index contributed by atoms with van der Waals surface area (Å²) in [6.45, 7) is 17.3. The Hall–Kier alpha value is -0.0400. The summed E-state index contributed by atoms with van der Waals surface area (Å²) < 4.78 is 0. The molecule has 0 aliphatic heterocycles. The molecule has 0 bridgehead atoms. The van der Waals surface area contributed by atoms with E-state index in [1.165, 1.54) is 25.8 Å². The standard InChI is InChI=1S/C15H33N/c1-8-13(9-2)14(10-12(3)4)11-16-15(5,6)7/h12-14,16H,8-11H2,1-7H3. The Morgan fingerprint density at radius 1 is 0.938 bits per heavy atom. The molecule has 0 fully saturated rings. The van der Waals surface area contributed by atoms with Gasteiger partial charge in [0.05, 0.1) is 0 Å². The average molecular weight is 227 g/mol. The highest BCUT2D eigenvalue weighted by Crippen LogP contribution is 2.26. The molecular weight excluding hydrogens is 194 g/mol. The molecule has 0 saturated heterocycles. The molecule has 1 nitrogen and oxygen atoms in total. The van der Waals surface area contributed by atoms with E-state index in [9.17, 15) is 0 Å². The van der Waals surface area contributed by atoms with Gasteiger partial charge in [0.1, 0.15) is 0 Å². The largest absolute Gasteiger partial charge is 0.312 e. The maximum Gasteiger partial charge on any atom is 0.00966 e. The van der Waals surface area contributed by atoms with Crippen LogP contribution >= 0.6 is 0 Å². The third kappa shape index (κ3) is 7.27. The van der Waals surface area contributed by atoms with Gasteiger partial charge >= 0.3 is 0 Å². The zero-order chi connectivity index (χ0) is 12.8. The number of hydrogen-bond donors (Lipinski definition) is 1. The fourth-order valence-electron chi connectivity index (χ4n) is 2.44. The van der Waals surface area contributed by atoms with E-state index in [1.807, 2.05) is 0 Å². The third-order valence-electron chi connectivity index (χ3n) is 3.38. The Bertz CT molecular complexity index is 163. The quantitative estimate of drug-likeness (QED) is 0.676. The zero-order valence-electron chi connectivity index (χ0n) is 12.6. The molecule has 98 valence electrons. The summed E-state index contributed by atoms with van der Waals surface area (Å²) in [5.74, 6) is 2.54. The normalized spacial score (nSPS) is 14.8. The van der Waals surface area contributed by atoms with Crippen LogP contribution in [-0.4, -0.2) is 12.1 Å².